The van der Waals surface area contributed by atoms with Crippen molar-refractivity contribution in [3.8, 4) is 5.75 Å². The Balaban J connectivity index is 3.20. The van der Waals surface area contributed by atoms with E-state index in [1.807, 2.05) is 19.1 Å². The van der Waals surface area contributed by atoms with Gasteiger partial charge in [-0.25, -0.2) is 0 Å². The highest BCUT2D eigenvalue weighted by atomic mass is 16.5. The van der Waals surface area contributed by atoms with Crippen LogP contribution in [0.4, 0.5) is 0 Å². The molecule has 0 spiro atoms. The van der Waals surface area contributed by atoms with E-state index in [2.05, 4.69) is 6.92 Å². The smallest absolute Gasteiger partial charge is 0.122 e. The van der Waals surface area contributed by atoms with E-state index in [1.54, 1.807) is 7.11 Å². The van der Waals surface area contributed by atoms with Gasteiger partial charge in [0.25, 0.3) is 0 Å². The predicted octanol–water partition coefficient (Wildman–Crippen LogP) is 2.06. The molecule has 13 heavy (non-hydrogen) atoms. The van der Waals surface area contributed by atoms with Gasteiger partial charge in [0.15, 0.2) is 0 Å². The molecule has 2 nitrogen and oxygen atoms in total. The number of hydrogen-bond donors (Lipinski definition) is 1. The van der Waals surface area contributed by atoms with E-state index in [9.17, 15) is 0 Å². The molecule has 1 N–H and O–H groups in total. The van der Waals surface area contributed by atoms with Crippen LogP contribution in [-0.4, -0.2) is 12.2 Å². The molecule has 0 bridgehead atoms. The third-order valence-corrected chi connectivity index (χ3v) is 2.25. The summed E-state index contributed by atoms with van der Waals surface area (Å²) in [5, 5.41) is 8.99. The van der Waals surface area contributed by atoms with Crippen LogP contribution in [0.1, 0.15) is 23.6 Å². The van der Waals surface area contributed by atoms with Gasteiger partial charge in [0.2, 0.25) is 0 Å². The monoisotopic (exact) mass is 180 g/mol. The van der Waals surface area contributed by atoms with Gasteiger partial charge < -0.3 is 9.84 Å². The Kier molecular flexibility index (Phi) is 3.32. The number of hydrogen-bond acceptors (Lipinski definition) is 2. The first kappa shape index (κ1) is 10.1. The fourth-order valence-electron chi connectivity index (χ4n) is 1.58. The summed E-state index contributed by atoms with van der Waals surface area (Å²) in [5.41, 5.74) is 3.32. The number of aliphatic hydroxyl groups excluding tert-OH is 1. The van der Waals surface area contributed by atoms with Gasteiger partial charge in [-0.15, -0.1) is 0 Å². The zero-order valence-electron chi connectivity index (χ0n) is 8.42. The summed E-state index contributed by atoms with van der Waals surface area (Å²) in [6.07, 6.45) is 0.959. The molecule has 0 unspecified atom stereocenters. The lowest BCUT2D eigenvalue weighted by molar-refractivity contribution is 0.281. The van der Waals surface area contributed by atoms with Crippen LogP contribution < -0.4 is 4.74 Å². The average molecular weight is 180 g/mol. The molecule has 0 saturated heterocycles. The van der Waals surface area contributed by atoms with E-state index in [-0.39, 0.29) is 6.61 Å². The van der Waals surface area contributed by atoms with Crippen LogP contribution in [0.3, 0.4) is 0 Å². The fraction of sp³-hybridized carbons (Fsp3) is 0.455. The lowest BCUT2D eigenvalue weighted by Gasteiger charge is -2.11. The highest BCUT2D eigenvalue weighted by molar-refractivity contribution is 5.43. The molecule has 0 aliphatic rings. The molecule has 0 aromatic heterocycles. The summed E-state index contributed by atoms with van der Waals surface area (Å²) in [4.78, 5) is 0. The number of aliphatic hydroxyl groups is 1. The SMILES string of the molecule is CCc1c(C)cc(CO)cc1OC. The molecule has 0 radical (unpaired) electrons. The molecule has 0 atom stereocenters. The fourth-order valence-corrected chi connectivity index (χ4v) is 1.58. The standard InChI is InChI=1S/C11H16O2/c1-4-10-8(2)5-9(7-12)6-11(10)13-3/h5-6,12H,4,7H2,1-3H3. The summed E-state index contributed by atoms with van der Waals surface area (Å²) in [6.45, 7) is 4.21. The molecule has 0 heterocycles. The molecule has 2 heteroatoms. The Bertz CT molecular complexity index is 292. The van der Waals surface area contributed by atoms with Gasteiger partial charge in [-0.2, -0.15) is 0 Å². The van der Waals surface area contributed by atoms with E-state index in [1.165, 1.54) is 11.1 Å². The maximum atomic E-state index is 8.99. The molecule has 1 aromatic carbocycles. The van der Waals surface area contributed by atoms with E-state index < -0.39 is 0 Å². The molecule has 0 aliphatic heterocycles. The van der Waals surface area contributed by atoms with Crippen molar-refractivity contribution in [3.05, 3.63) is 28.8 Å². The first-order valence-electron chi connectivity index (χ1n) is 4.50. The summed E-state index contributed by atoms with van der Waals surface area (Å²) < 4.78 is 5.25. The Labute approximate surface area is 79.2 Å². The molecule has 0 aliphatic carbocycles. The lowest BCUT2D eigenvalue weighted by atomic mass is 10.0. The lowest BCUT2D eigenvalue weighted by Crippen LogP contribution is -1.96. The van der Waals surface area contributed by atoms with Crippen LogP contribution in [0.2, 0.25) is 0 Å². The van der Waals surface area contributed by atoms with Crippen molar-refractivity contribution >= 4 is 0 Å². The summed E-state index contributed by atoms with van der Waals surface area (Å²) >= 11 is 0. The van der Waals surface area contributed by atoms with Crippen LogP contribution in [-0.2, 0) is 13.0 Å². The van der Waals surface area contributed by atoms with Crippen molar-refractivity contribution in [2.75, 3.05) is 7.11 Å². The number of methoxy groups -OCH3 is 1. The quantitative estimate of drug-likeness (QED) is 0.771. The van der Waals surface area contributed by atoms with Gasteiger partial charge in [-0.3, -0.25) is 0 Å². The van der Waals surface area contributed by atoms with E-state index in [4.69, 9.17) is 9.84 Å². The van der Waals surface area contributed by atoms with Crippen molar-refractivity contribution in [1.82, 2.24) is 0 Å². The van der Waals surface area contributed by atoms with Gasteiger partial charge in [0.05, 0.1) is 13.7 Å². The van der Waals surface area contributed by atoms with Crippen LogP contribution in [0, 0.1) is 6.92 Å². The molecule has 1 aromatic rings. The van der Waals surface area contributed by atoms with Crippen molar-refractivity contribution in [3.63, 3.8) is 0 Å². The number of benzene rings is 1. The van der Waals surface area contributed by atoms with Crippen LogP contribution in [0.25, 0.3) is 0 Å². The minimum atomic E-state index is 0.0706. The summed E-state index contributed by atoms with van der Waals surface area (Å²) in [6, 6.07) is 3.90. The average Bonchev–Trinajstić information content (AvgIpc) is 2.16. The van der Waals surface area contributed by atoms with E-state index >= 15 is 0 Å². The zero-order chi connectivity index (χ0) is 9.84. The van der Waals surface area contributed by atoms with E-state index in [0.717, 1.165) is 17.7 Å². The van der Waals surface area contributed by atoms with Gasteiger partial charge in [0.1, 0.15) is 5.75 Å². The molecular weight excluding hydrogens is 164 g/mol. The highest BCUT2D eigenvalue weighted by Gasteiger charge is 2.06. The van der Waals surface area contributed by atoms with Crippen LogP contribution in [0.5, 0.6) is 5.75 Å². The van der Waals surface area contributed by atoms with Gasteiger partial charge in [-0.05, 0) is 36.1 Å². The highest BCUT2D eigenvalue weighted by Crippen LogP contribution is 2.24. The second kappa shape index (κ2) is 4.28. The Morgan fingerprint density at radius 1 is 1.38 bits per heavy atom. The molecule has 0 fully saturated rings. The normalized spacial score (nSPS) is 10.2. The molecule has 1 rings (SSSR count). The third kappa shape index (κ3) is 2.01. The Morgan fingerprint density at radius 3 is 2.54 bits per heavy atom. The van der Waals surface area contributed by atoms with Crippen LogP contribution >= 0.6 is 0 Å². The Hall–Kier alpha value is -1.02. The number of aryl methyl sites for hydroxylation is 1. The van der Waals surface area contributed by atoms with Crippen molar-refractivity contribution in [2.24, 2.45) is 0 Å². The summed E-state index contributed by atoms with van der Waals surface area (Å²) in [5.74, 6) is 0.881. The van der Waals surface area contributed by atoms with E-state index in [0.29, 0.717) is 0 Å². The van der Waals surface area contributed by atoms with Crippen molar-refractivity contribution in [2.45, 2.75) is 26.9 Å². The van der Waals surface area contributed by atoms with Crippen LogP contribution in [0.15, 0.2) is 12.1 Å². The zero-order valence-corrected chi connectivity index (χ0v) is 8.42. The second-order valence-corrected chi connectivity index (χ2v) is 3.11. The maximum absolute atomic E-state index is 8.99. The molecule has 0 amide bonds. The summed E-state index contributed by atoms with van der Waals surface area (Å²) in [7, 11) is 1.66. The van der Waals surface area contributed by atoms with Crippen molar-refractivity contribution in [1.29, 1.82) is 0 Å². The maximum Gasteiger partial charge on any atom is 0.122 e. The first-order valence-corrected chi connectivity index (χ1v) is 4.50. The topological polar surface area (TPSA) is 29.5 Å². The minimum absolute atomic E-state index is 0.0706. The second-order valence-electron chi connectivity index (χ2n) is 3.11. The van der Waals surface area contributed by atoms with Gasteiger partial charge in [0, 0.05) is 0 Å². The first-order chi connectivity index (χ1) is 6.22. The van der Waals surface area contributed by atoms with Gasteiger partial charge in [-0.1, -0.05) is 13.0 Å². The third-order valence-electron chi connectivity index (χ3n) is 2.25. The number of rotatable bonds is 3. The molecular formula is C11H16O2. The molecule has 0 saturated carbocycles. The van der Waals surface area contributed by atoms with Crippen molar-refractivity contribution < 1.29 is 9.84 Å². The molecule has 72 valence electrons. The van der Waals surface area contributed by atoms with Gasteiger partial charge >= 0.3 is 0 Å². The Morgan fingerprint density at radius 2 is 2.08 bits per heavy atom. The number of ether oxygens (including phenoxy) is 1. The largest absolute Gasteiger partial charge is 0.496 e. The minimum Gasteiger partial charge on any atom is -0.496 e. The predicted molar refractivity (Wildman–Crippen MR) is 53.0 cm³/mol.